The molecule has 26 heavy (non-hydrogen) atoms. The van der Waals surface area contributed by atoms with Crippen molar-refractivity contribution < 1.29 is 0 Å². The van der Waals surface area contributed by atoms with Gasteiger partial charge in [-0.05, 0) is 36.1 Å². The Kier molecular flexibility index (Phi) is 4.53. The van der Waals surface area contributed by atoms with Crippen LogP contribution in [0.2, 0.25) is 5.02 Å². The number of fused-ring (bicyclic) bond motifs is 1. The van der Waals surface area contributed by atoms with E-state index in [-0.39, 0.29) is 0 Å². The Balaban J connectivity index is 1.92. The fourth-order valence-corrected chi connectivity index (χ4v) is 3.32. The van der Waals surface area contributed by atoms with Crippen LogP contribution in [0.3, 0.4) is 0 Å². The van der Waals surface area contributed by atoms with Crippen LogP contribution in [-0.2, 0) is 0 Å². The van der Waals surface area contributed by atoms with E-state index in [4.69, 9.17) is 11.6 Å². The third-order valence-electron chi connectivity index (χ3n) is 4.09. The topological polar surface area (TPSA) is 46.3 Å². The summed E-state index contributed by atoms with van der Waals surface area (Å²) < 4.78 is 1.77. The molecular formula is C19H16ClN5S. The molecule has 0 aliphatic heterocycles. The molecular weight excluding hydrogens is 366 g/mol. The molecule has 2 aromatic carbocycles. The van der Waals surface area contributed by atoms with Gasteiger partial charge in [-0.25, -0.2) is 4.98 Å². The van der Waals surface area contributed by atoms with Crippen LogP contribution in [-0.4, -0.2) is 32.9 Å². The Morgan fingerprint density at radius 2 is 1.85 bits per heavy atom. The van der Waals surface area contributed by atoms with E-state index in [1.54, 1.807) is 4.52 Å². The van der Waals surface area contributed by atoms with Gasteiger partial charge in [0, 0.05) is 23.3 Å². The van der Waals surface area contributed by atoms with Gasteiger partial charge in [-0.3, -0.25) is 0 Å². The highest BCUT2D eigenvalue weighted by atomic mass is 35.5. The van der Waals surface area contributed by atoms with E-state index >= 15 is 0 Å². The van der Waals surface area contributed by atoms with Crippen LogP contribution in [0, 0.1) is 0 Å². The second-order valence-corrected chi connectivity index (χ2v) is 6.92. The summed E-state index contributed by atoms with van der Waals surface area (Å²) >= 11 is 7.67. The lowest BCUT2D eigenvalue weighted by molar-refractivity contribution is 0.816. The van der Waals surface area contributed by atoms with E-state index in [1.165, 1.54) is 11.8 Å². The molecule has 0 bridgehead atoms. The predicted octanol–water partition coefficient (Wildman–Crippen LogP) is 4.93. The lowest BCUT2D eigenvalue weighted by Gasteiger charge is -2.19. The highest BCUT2D eigenvalue weighted by Crippen LogP contribution is 2.30. The predicted molar refractivity (Wildman–Crippen MR) is 108 cm³/mol. The van der Waals surface area contributed by atoms with Crippen LogP contribution in [0.5, 0.6) is 0 Å². The maximum Gasteiger partial charge on any atom is 0.235 e. The minimum Gasteiger partial charge on any atom is -0.313 e. The molecule has 0 saturated carbocycles. The molecule has 0 aliphatic carbocycles. The summed E-state index contributed by atoms with van der Waals surface area (Å²) in [6.07, 6.45) is 3.77. The van der Waals surface area contributed by atoms with E-state index in [0.29, 0.717) is 16.1 Å². The van der Waals surface area contributed by atoms with Crippen LogP contribution < -0.4 is 4.90 Å². The Morgan fingerprint density at radius 1 is 1.04 bits per heavy atom. The Labute approximate surface area is 160 Å². The number of nitrogens with zero attached hydrogens (tertiary/aromatic N) is 5. The maximum atomic E-state index is 6.16. The average molecular weight is 382 g/mol. The van der Waals surface area contributed by atoms with Gasteiger partial charge in [0.25, 0.3) is 0 Å². The van der Waals surface area contributed by atoms with Gasteiger partial charge in [-0.2, -0.15) is 14.6 Å². The van der Waals surface area contributed by atoms with Gasteiger partial charge in [-0.15, -0.1) is 0 Å². The molecule has 4 rings (SSSR count). The SMILES string of the molecule is CSc1nc(N(C)c2ccccc2)n2ncc(-c3cccc(Cl)c3)c2n1. The van der Waals surface area contributed by atoms with Gasteiger partial charge < -0.3 is 4.90 Å². The monoisotopic (exact) mass is 381 g/mol. The smallest absolute Gasteiger partial charge is 0.235 e. The largest absolute Gasteiger partial charge is 0.313 e. The maximum absolute atomic E-state index is 6.16. The quantitative estimate of drug-likeness (QED) is 0.469. The van der Waals surface area contributed by atoms with E-state index in [1.807, 2.05) is 79.0 Å². The zero-order chi connectivity index (χ0) is 18.1. The van der Waals surface area contributed by atoms with Crippen molar-refractivity contribution >= 4 is 40.6 Å². The van der Waals surface area contributed by atoms with Gasteiger partial charge in [-0.1, -0.05) is 53.7 Å². The summed E-state index contributed by atoms with van der Waals surface area (Å²) in [6.45, 7) is 0. The van der Waals surface area contributed by atoms with E-state index in [0.717, 1.165) is 22.5 Å². The van der Waals surface area contributed by atoms with Gasteiger partial charge in [0.05, 0.1) is 6.20 Å². The lowest BCUT2D eigenvalue weighted by Crippen LogP contribution is -2.17. The van der Waals surface area contributed by atoms with Gasteiger partial charge in [0.1, 0.15) is 0 Å². The first-order valence-electron chi connectivity index (χ1n) is 8.02. The molecule has 2 heterocycles. The van der Waals surface area contributed by atoms with Crippen LogP contribution in [0.25, 0.3) is 16.8 Å². The number of rotatable bonds is 4. The van der Waals surface area contributed by atoms with Gasteiger partial charge >= 0.3 is 0 Å². The van der Waals surface area contributed by atoms with Gasteiger partial charge in [0.15, 0.2) is 10.8 Å². The molecule has 0 saturated heterocycles. The third kappa shape index (κ3) is 3.02. The fraction of sp³-hybridized carbons (Fsp3) is 0.105. The number of hydrogen-bond acceptors (Lipinski definition) is 5. The fourth-order valence-electron chi connectivity index (χ4n) is 2.78. The molecule has 2 aromatic heterocycles. The summed E-state index contributed by atoms with van der Waals surface area (Å²) in [5.41, 5.74) is 3.68. The summed E-state index contributed by atoms with van der Waals surface area (Å²) in [6, 6.07) is 17.8. The normalized spacial score (nSPS) is 11.0. The zero-order valence-electron chi connectivity index (χ0n) is 14.3. The molecule has 5 nitrogen and oxygen atoms in total. The first kappa shape index (κ1) is 16.9. The van der Waals surface area contributed by atoms with Crippen LogP contribution in [0.1, 0.15) is 0 Å². The minimum atomic E-state index is 0.683. The summed E-state index contributed by atoms with van der Waals surface area (Å²) in [7, 11) is 1.97. The first-order chi connectivity index (χ1) is 12.7. The molecule has 7 heteroatoms. The Morgan fingerprint density at radius 3 is 2.58 bits per heavy atom. The molecule has 0 unspecified atom stereocenters. The molecule has 0 aliphatic rings. The number of anilines is 2. The molecule has 0 amide bonds. The number of benzene rings is 2. The van der Waals surface area contributed by atoms with E-state index < -0.39 is 0 Å². The first-order valence-corrected chi connectivity index (χ1v) is 9.62. The number of aromatic nitrogens is 4. The number of para-hydroxylation sites is 1. The van der Waals surface area contributed by atoms with E-state index in [9.17, 15) is 0 Å². The van der Waals surface area contributed by atoms with E-state index in [2.05, 4.69) is 15.1 Å². The summed E-state index contributed by atoms with van der Waals surface area (Å²) in [4.78, 5) is 11.4. The number of thioether (sulfide) groups is 1. The molecule has 0 spiro atoms. The minimum absolute atomic E-state index is 0.683. The molecule has 130 valence electrons. The number of halogens is 1. The molecule has 0 fully saturated rings. The van der Waals surface area contributed by atoms with Crippen molar-refractivity contribution in [1.82, 2.24) is 19.6 Å². The van der Waals surface area contributed by atoms with Crippen LogP contribution in [0.4, 0.5) is 11.6 Å². The molecule has 0 N–H and O–H groups in total. The lowest BCUT2D eigenvalue weighted by atomic mass is 10.1. The summed E-state index contributed by atoms with van der Waals surface area (Å²) in [5.74, 6) is 0.707. The average Bonchev–Trinajstić information content (AvgIpc) is 3.11. The molecule has 0 radical (unpaired) electrons. The van der Waals surface area contributed by atoms with Crippen molar-refractivity contribution in [3.63, 3.8) is 0 Å². The second-order valence-electron chi connectivity index (χ2n) is 5.71. The standard InChI is InChI=1S/C19H16ClN5S/c1-24(15-9-4-3-5-10-15)19-23-18(26-2)22-17-16(12-21-25(17)19)13-7-6-8-14(20)11-13/h3-12H,1-2H3. The molecule has 0 atom stereocenters. The van der Waals surface area contributed by atoms with Crippen molar-refractivity contribution in [2.75, 3.05) is 18.2 Å². The molecule has 4 aromatic rings. The van der Waals surface area contributed by atoms with Gasteiger partial charge in [0.2, 0.25) is 5.95 Å². The van der Waals surface area contributed by atoms with Crippen molar-refractivity contribution in [3.05, 3.63) is 65.8 Å². The van der Waals surface area contributed by atoms with Crippen molar-refractivity contribution in [2.45, 2.75) is 5.16 Å². The Hall–Kier alpha value is -2.57. The highest BCUT2D eigenvalue weighted by molar-refractivity contribution is 7.98. The second kappa shape index (κ2) is 6.97. The van der Waals surface area contributed by atoms with Crippen molar-refractivity contribution in [3.8, 4) is 11.1 Å². The van der Waals surface area contributed by atoms with Crippen LogP contribution in [0.15, 0.2) is 66.0 Å². The Bertz CT molecular complexity index is 1060. The third-order valence-corrected chi connectivity index (χ3v) is 4.87. The number of hydrogen-bond donors (Lipinski definition) is 0. The highest BCUT2D eigenvalue weighted by Gasteiger charge is 2.17. The summed E-state index contributed by atoms with van der Waals surface area (Å²) in [5, 5.41) is 5.92. The zero-order valence-corrected chi connectivity index (χ0v) is 15.9. The van der Waals surface area contributed by atoms with Crippen LogP contribution >= 0.6 is 23.4 Å². The van der Waals surface area contributed by atoms with Crippen molar-refractivity contribution in [2.24, 2.45) is 0 Å². The van der Waals surface area contributed by atoms with Crippen molar-refractivity contribution in [1.29, 1.82) is 0 Å².